The van der Waals surface area contributed by atoms with Crippen molar-refractivity contribution in [2.24, 2.45) is 11.7 Å². The fourth-order valence-electron chi connectivity index (χ4n) is 2.86. The van der Waals surface area contributed by atoms with Gasteiger partial charge in [0.15, 0.2) is 0 Å². The van der Waals surface area contributed by atoms with Crippen molar-refractivity contribution in [2.75, 3.05) is 4.72 Å². The molecule has 0 fully saturated rings. The summed E-state index contributed by atoms with van der Waals surface area (Å²) in [5, 5.41) is 0.334. The van der Waals surface area contributed by atoms with Gasteiger partial charge in [-0.1, -0.05) is 25.1 Å². The number of hydrogen-bond donors (Lipinski definition) is 2. The van der Waals surface area contributed by atoms with E-state index in [2.05, 4.69) is 11.6 Å². The number of amides is 1. The van der Waals surface area contributed by atoms with Crippen LogP contribution in [0.4, 0.5) is 5.00 Å². The van der Waals surface area contributed by atoms with Crippen LogP contribution in [0.5, 0.6) is 0 Å². The Bertz CT molecular complexity index is 842. The predicted octanol–water partition coefficient (Wildman–Crippen LogP) is 2.77. The third kappa shape index (κ3) is 3.11. The number of benzene rings is 1. The van der Waals surface area contributed by atoms with Gasteiger partial charge in [-0.25, -0.2) is 8.42 Å². The maximum atomic E-state index is 12.5. The molecule has 1 aromatic heterocycles. The summed E-state index contributed by atoms with van der Waals surface area (Å²) in [6, 6.07) is 8.10. The van der Waals surface area contributed by atoms with Crippen LogP contribution in [0, 0.1) is 5.92 Å². The molecule has 5 nitrogen and oxygen atoms in total. The average molecular weight is 350 g/mol. The number of carbonyl (C=O) groups excluding carboxylic acids is 1. The first-order valence-electron chi connectivity index (χ1n) is 7.40. The molecule has 3 N–H and O–H groups in total. The molecule has 1 amide bonds. The quantitative estimate of drug-likeness (QED) is 0.888. The number of fused-ring (bicyclic) bond motifs is 1. The lowest BCUT2D eigenvalue weighted by Gasteiger charge is -2.18. The number of carbonyl (C=O) groups is 1. The minimum atomic E-state index is -3.73. The predicted molar refractivity (Wildman–Crippen MR) is 91.3 cm³/mol. The maximum Gasteiger partial charge on any atom is 0.262 e. The van der Waals surface area contributed by atoms with Crippen LogP contribution in [0.2, 0.25) is 0 Å². The van der Waals surface area contributed by atoms with Gasteiger partial charge in [0, 0.05) is 4.88 Å². The lowest BCUT2D eigenvalue weighted by atomic mass is 9.88. The molecule has 122 valence electrons. The van der Waals surface area contributed by atoms with Gasteiger partial charge in [-0.3, -0.25) is 9.52 Å². The highest BCUT2D eigenvalue weighted by atomic mass is 32.2. The minimum absolute atomic E-state index is 0.162. The van der Waals surface area contributed by atoms with Gasteiger partial charge in [0.1, 0.15) is 5.00 Å². The standard InChI is InChI=1S/C16H18N2O3S2/c1-10-7-8-12-13(9-10)22-16(14(12)15(17)19)18-23(20,21)11-5-3-2-4-6-11/h2-6,10,18H,7-9H2,1H3,(H2,17,19)/t10-/m0/s1. The number of rotatable bonds is 4. The highest BCUT2D eigenvalue weighted by molar-refractivity contribution is 7.93. The van der Waals surface area contributed by atoms with E-state index in [4.69, 9.17) is 5.73 Å². The number of sulfonamides is 1. The first-order chi connectivity index (χ1) is 10.9. The molecule has 0 saturated carbocycles. The molecule has 7 heteroatoms. The summed E-state index contributed by atoms with van der Waals surface area (Å²) in [5.74, 6) is -0.0525. The summed E-state index contributed by atoms with van der Waals surface area (Å²) in [6.45, 7) is 2.15. The Morgan fingerprint density at radius 1 is 1.30 bits per heavy atom. The molecule has 0 bridgehead atoms. The third-order valence-electron chi connectivity index (χ3n) is 4.04. The molecule has 1 aliphatic carbocycles. The summed E-state index contributed by atoms with van der Waals surface area (Å²) in [6.07, 6.45) is 2.60. The van der Waals surface area contributed by atoms with E-state index in [0.717, 1.165) is 29.7 Å². The smallest absolute Gasteiger partial charge is 0.262 e. The SMILES string of the molecule is C[C@H]1CCc2c(sc(NS(=O)(=O)c3ccccc3)c2C(N)=O)C1. The normalized spacial score (nSPS) is 17.5. The molecule has 1 atom stereocenters. The van der Waals surface area contributed by atoms with E-state index in [0.29, 0.717) is 16.5 Å². The molecule has 3 rings (SSSR count). The van der Waals surface area contributed by atoms with Crippen LogP contribution >= 0.6 is 11.3 Å². The number of nitrogens with two attached hydrogens (primary N) is 1. The Morgan fingerprint density at radius 3 is 2.65 bits per heavy atom. The van der Waals surface area contributed by atoms with Crippen LogP contribution in [0.3, 0.4) is 0 Å². The van der Waals surface area contributed by atoms with Crippen molar-refractivity contribution in [3.8, 4) is 0 Å². The highest BCUT2D eigenvalue weighted by Gasteiger charge is 2.28. The largest absolute Gasteiger partial charge is 0.365 e. The van der Waals surface area contributed by atoms with Crippen LogP contribution in [0.25, 0.3) is 0 Å². The van der Waals surface area contributed by atoms with Crippen molar-refractivity contribution in [3.63, 3.8) is 0 Å². The first-order valence-corrected chi connectivity index (χ1v) is 9.70. The van der Waals surface area contributed by atoms with Crippen LogP contribution < -0.4 is 10.5 Å². The molecule has 1 aromatic carbocycles. The topological polar surface area (TPSA) is 89.3 Å². The Balaban J connectivity index is 2.02. The summed E-state index contributed by atoms with van der Waals surface area (Å²) < 4.78 is 27.5. The van der Waals surface area contributed by atoms with Crippen molar-refractivity contribution in [1.82, 2.24) is 0 Å². The van der Waals surface area contributed by atoms with Crippen molar-refractivity contribution < 1.29 is 13.2 Å². The van der Waals surface area contributed by atoms with E-state index in [1.807, 2.05) is 0 Å². The Kier molecular flexibility index (Phi) is 4.16. The molecular weight excluding hydrogens is 332 g/mol. The Labute approximate surface area is 139 Å². The van der Waals surface area contributed by atoms with E-state index < -0.39 is 15.9 Å². The van der Waals surface area contributed by atoms with Gasteiger partial charge < -0.3 is 5.73 Å². The second kappa shape index (κ2) is 5.98. The maximum absolute atomic E-state index is 12.5. The van der Waals surface area contributed by atoms with Gasteiger partial charge in [0.2, 0.25) is 0 Å². The highest BCUT2D eigenvalue weighted by Crippen LogP contribution is 2.40. The Morgan fingerprint density at radius 2 is 2.00 bits per heavy atom. The number of primary amides is 1. The number of anilines is 1. The van der Waals surface area contributed by atoms with Gasteiger partial charge in [-0.05, 0) is 42.9 Å². The summed E-state index contributed by atoms with van der Waals surface area (Å²) in [4.78, 5) is 13.1. The lowest BCUT2D eigenvalue weighted by molar-refractivity contribution is 0.100. The summed E-state index contributed by atoms with van der Waals surface area (Å²) in [7, 11) is -3.73. The van der Waals surface area contributed by atoms with Gasteiger partial charge in [0.05, 0.1) is 10.5 Å². The van der Waals surface area contributed by atoms with Gasteiger partial charge in [-0.15, -0.1) is 11.3 Å². The molecule has 2 aromatic rings. The van der Waals surface area contributed by atoms with Crippen molar-refractivity contribution in [1.29, 1.82) is 0 Å². The van der Waals surface area contributed by atoms with E-state index in [1.165, 1.54) is 23.5 Å². The van der Waals surface area contributed by atoms with E-state index in [1.54, 1.807) is 18.2 Å². The van der Waals surface area contributed by atoms with E-state index >= 15 is 0 Å². The van der Waals surface area contributed by atoms with Crippen LogP contribution in [-0.2, 0) is 22.9 Å². The van der Waals surface area contributed by atoms with Crippen LogP contribution in [0.1, 0.15) is 34.1 Å². The Hall–Kier alpha value is -1.86. The fourth-order valence-corrected chi connectivity index (χ4v) is 5.61. The fraction of sp³-hybridized carbons (Fsp3) is 0.312. The van der Waals surface area contributed by atoms with E-state index in [-0.39, 0.29) is 4.90 Å². The van der Waals surface area contributed by atoms with Gasteiger partial charge >= 0.3 is 0 Å². The third-order valence-corrected chi connectivity index (χ3v) is 6.70. The number of thiophene rings is 1. The van der Waals surface area contributed by atoms with Gasteiger partial charge in [0.25, 0.3) is 15.9 Å². The average Bonchev–Trinajstić information content (AvgIpc) is 2.84. The molecular formula is C16H18N2O3S2. The van der Waals surface area contributed by atoms with Crippen molar-refractivity contribution in [2.45, 2.75) is 31.1 Å². The summed E-state index contributed by atoms with van der Waals surface area (Å²) >= 11 is 1.32. The molecule has 0 saturated heterocycles. The second-order valence-electron chi connectivity index (χ2n) is 5.84. The zero-order valence-corrected chi connectivity index (χ0v) is 14.3. The zero-order valence-electron chi connectivity index (χ0n) is 12.7. The van der Waals surface area contributed by atoms with E-state index in [9.17, 15) is 13.2 Å². The monoisotopic (exact) mass is 350 g/mol. The lowest BCUT2D eigenvalue weighted by Crippen LogP contribution is -2.19. The zero-order chi connectivity index (χ0) is 16.6. The molecule has 1 heterocycles. The van der Waals surface area contributed by atoms with Crippen molar-refractivity contribution >= 4 is 32.3 Å². The van der Waals surface area contributed by atoms with Crippen LogP contribution in [-0.4, -0.2) is 14.3 Å². The first kappa shape index (κ1) is 16.0. The van der Waals surface area contributed by atoms with Crippen molar-refractivity contribution in [3.05, 3.63) is 46.3 Å². The second-order valence-corrected chi connectivity index (χ2v) is 8.63. The van der Waals surface area contributed by atoms with Crippen LogP contribution in [0.15, 0.2) is 35.2 Å². The molecule has 0 spiro atoms. The summed E-state index contributed by atoms with van der Waals surface area (Å²) in [5.41, 5.74) is 6.75. The molecule has 0 radical (unpaired) electrons. The minimum Gasteiger partial charge on any atom is -0.365 e. The molecule has 1 aliphatic rings. The van der Waals surface area contributed by atoms with Gasteiger partial charge in [-0.2, -0.15) is 0 Å². The molecule has 0 unspecified atom stereocenters. The number of hydrogen-bond acceptors (Lipinski definition) is 4. The molecule has 23 heavy (non-hydrogen) atoms. The number of nitrogens with one attached hydrogen (secondary N) is 1. The molecule has 0 aliphatic heterocycles.